The zero-order chi connectivity index (χ0) is 33.5. The molecule has 2 unspecified atom stereocenters. The highest BCUT2D eigenvalue weighted by atomic mass is 19.3. The van der Waals surface area contributed by atoms with Crippen molar-refractivity contribution in [1.82, 2.24) is 16.0 Å². The Hall–Kier alpha value is -1.65. The number of unbranched alkanes of at least 4 members (excludes halogenated alkanes) is 1. The summed E-state index contributed by atoms with van der Waals surface area (Å²) < 4.78 is 51.9. The summed E-state index contributed by atoms with van der Waals surface area (Å²) in [5.74, 6) is -4.94. The maximum Gasteiger partial charge on any atom is 0.294 e. The van der Waals surface area contributed by atoms with Crippen molar-refractivity contribution in [2.24, 2.45) is 22.9 Å². The Morgan fingerprint density at radius 2 is 1.84 bits per heavy atom. The van der Waals surface area contributed by atoms with Gasteiger partial charge in [-0.2, -0.15) is 0 Å². The number of aliphatic hydroxyl groups is 4. The largest absolute Gasteiger partial charge is 0.467 e. The molecule has 262 valence electrons. The number of alkyl halides is 2. The number of carbonyl (C=O) groups is 1. The SMILES string of the molecule is CN[C@@H]1[C@@H](O)[C@@H](O[C@H]2[C@H](NC(=O)C(O)C(F)(F)CN)C[C@H](N)C(O[C@H]3OC(CN)=CC[C@H]3NCCCCN)[C@@H]2O)OC[C@]1(C)O. The van der Waals surface area contributed by atoms with Crippen molar-refractivity contribution in [3.05, 3.63) is 11.8 Å². The summed E-state index contributed by atoms with van der Waals surface area (Å²) in [5, 5.41) is 51.6. The molecule has 3 aliphatic rings. The first-order chi connectivity index (χ1) is 21.2. The number of carbonyl (C=O) groups excluding carboxylic acids is 1. The molecule has 1 saturated carbocycles. The van der Waals surface area contributed by atoms with Crippen LogP contribution in [-0.2, 0) is 23.7 Å². The smallest absolute Gasteiger partial charge is 0.294 e. The minimum Gasteiger partial charge on any atom is -0.467 e. The van der Waals surface area contributed by atoms with Crippen LogP contribution >= 0.6 is 0 Å². The number of amides is 1. The Bertz CT molecular complexity index is 985. The van der Waals surface area contributed by atoms with Crippen molar-refractivity contribution in [3.63, 3.8) is 0 Å². The lowest BCUT2D eigenvalue weighted by molar-refractivity contribution is -0.304. The van der Waals surface area contributed by atoms with Crippen LogP contribution in [0.25, 0.3) is 0 Å². The molecule has 0 aromatic carbocycles. The first-order valence-corrected chi connectivity index (χ1v) is 15.2. The fraction of sp³-hybridized carbons (Fsp3) is 0.889. The van der Waals surface area contributed by atoms with Crippen LogP contribution in [0.4, 0.5) is 8.78 Å². The highest BCUT2D eigenvalue weighted by Crippen LogP contribution is 2.32. The highest BCUT2D eigenvalue weighted by molar-refractivity contribution is 5.82. The van der Waals surface area contributed by atoms with Gasteiger partial charge in [0.2, 0.25) is 6.29 Å². The third-order valence-electron chi connectivity index (χ3n) is 8.42. The second-order valence-electron chi connectivity index (χ2n) is 12.0. The average Bonchev–Trinajstić information content (AvgIpc) is 3.00. The fourth-order valence-corrected chi connectivity index (χ4v) is 5.82. The van der Waals surface area contributed by atoms with Gasteiger partial charge >= 0.3 is 0 Å². The lowest BCUT2D eigenvalue weighted by Crippen LogP contribution is -2.70. The van der Waals surface area contributed by atoms with Crippen LogP contribution in [0.3, 0.4) is 0 Å². The molecule has 2 fully saturated rings. The molecule has 2 heterocycles. The molecule has 1 aliphatic carbocycles. The summed E-state index contributed by atoms with van der Waals surface area (Å²) in [5.41, 5.74) is 21.3. The van der Waals surface area contributed by atoms with Crippen molar-refractivity contribution in [2.75, 3.05) is 39.8 Å². The molecule has 15 N–H and O–H groups in total. The number of hydrogen-bond acceptors (Lipinski definition) is 15. The Balaban J connectivity index is 1.86. The van der Waals surface area contributed by atoms with Crippen LogP contribution in [0.15, 0.2) is 11.8 Å². The van der Waals surface area contributed by atoms with E-state index in [0.717, 1.165) is 12.8 Å². The number of halogens is 2. The number of hydrogen-bond donors (Lipinski definition) is 11. The van der Waals surface area contributed by atoms with E-state index in [-0.39, 0.29) is 25.6 Å². The number of likely N-dealkylation sites (N-methyl/N-ethyl adjacent to an activating group) is 1. The van der Waals surface area contributed by atoms with Gasteiger partial charge < -0.3 is 78.3 Å². The van der Waals surface area contributed by atoms with E-state index >= 15 is 0 Å². The van der Waals surface area contributed by atoms with Gasteiger partial charge in [0.05, 0.1) is 37.8 Å². The standard InChI is InChI=1S/C27H51F2N7O9/c1-26(41)12-42-25(18(38)21(26)34-2)45-20-16(36-23(40)22(39)27(28,29)11-32)9-14(33)19(17(20)37)44-24-15(35-8-4-3-7-30)6-5-13(10-31)43-24/h5,14-22,24-25,34-35,37-39,41H,3-4,6-12,30-33H2,1-2H3,(H,36,40)/t14-,15+,16+,17-,18+,19?,20-,21+,22?,24+,25+,26-/m0/s1. The zero-order valence-corrected chi connectivity index (χ0v) is 25.7. The van der Waals surface area contributed by atoms with E-state index in [1.165, 1.54) is 14.0 Å². The second-order valence-corrected chi connectivity index (χ2v) is 12.0. The Morgan fingerprint density at radius 3 is 2.47 bits per heavy atom. The van der Waals surface area contributed by atoms with Crippen molar-refractivity contribution >= 4 is 5.91 Å². The molecule has 0 aromatic heterocycles. The number of ether oxygens (including phenoxy) is 4. The summed E-state index contributed by atoms with van der Waals surface area (Å²) >= 11 is 0. The predicted molar refractivity (Wildman–Crippen MR) is 156 cm³/mol. The van der Waals surface area contributed by atoms with Gasteiger partial charge in [0.1, 0.15) is 35.8 Å². The highest BCUT2D eigenvalue weighted by Gasteiger charge is 2.53. The van der Waals surface area contributed by atoms with Crippen LogP contribution in [0.1, 0.15) is 32.6 Å². The zero-order valence-electron chi connectivity index (χ0n) is 25.7. The maximum atomic E-state index is 14.0. The molecule has 45 heavy (non-hydrogen) atoms. The van der Waals surface area contributed by atoms with Gasteiger partial charge in [-0.3, -0.25) is 4.79 Å². The Morgan fingerprint density at radius 1 is 1.16 bits per heavy atom. The summed E-state index contributed by atoms with van der Waals surface area (Å²) in [4.78, 5) is 12.7. The van der Waals surface area contributed by atoms with E-state index in [1.807, 2.05) is 6.08 Å². The quantitative estimate of drug-likeness (QED) is 0.0744. The molecular weight excluding hydrogens is 604 g/mol. The molecule has 1 amide bonds. The molecule has 0 spiro atoms. The Labute approximate surface area is 261 Å². The van der Waals surface area contributed by atoms with Gasteiger partial charge in [-0.25, -0.2) is 8.78 Å². The van der Waals surface area contributed by atoms with Crippen LogP contribution in [-0.4, -0.2) is 145 Å². The van der Waals surface area contributed by atoms with E-state index in [2.05, 4.69) is 16.0 Å². The monoisotopic (exact) mass is 655 g/mol. The molecule has 12 atom stereocenters. The third kappa shape index (κ3) is 9.25. The average molecular weight is 656 g/mol. The summed E-state index contributed by atoms with van der Waals surface area (Å²) in [6.07, 6.45) is -7.17. The minimum absolute atomic E-state index is 0.0992. The number of nitrogens with one attached hydrogen (secondary N) is 3. The van der Waals surface area contributed by atoms with Crippen molar-refractivity contribution in [3.8, 4) is 0 Å². The second kappa shape index (κ2) is 16.4. The van der Waals surface area contributed by atoms with E-state index < -0.39 is 85.2 Å². The molecule has 0 bridgehead atoms. The van der Waals surface area contributed by atoms with Crippen LogP contribution < -0.4 is 38.9 Å². The first-order valence-electron chi connectivity index (χ1n) is 15.2. The number of aliphatic hydroxyl groups excluding tert-OH is 3. The molecular formula is C27H51F2N7O9. The van der Waals surface area contributed by atoms with Gasteiger partial charge in [-0.15, -0.1) is 0 Å². The van der Waals surface area contributed by atoms with Crippen molar-refractivity contribution in [1.29, 1.82) is 0 Å². The predicted octanol–water partition coefficient (Wildman–Crippen LogP) is -4.37. The van der Waals surface area contributed by atoms with Gasteiger partial charge in [-0.05, 0) is 58.8 Å². The van der Waals surface area contributed by atoms with Gasteiger partial charge in [0.25, 0.3) is 11.8 Å². The fourth-order valence-electron chi connectivity index (χ4n) is 5.82. The molecule has 18 heteroatoms. The summed E-state index contributed by atoms with van der Waals surface area (Å²) in [6.45, 7) is 1.13. The third-order valence-corrected chi connectivity index (χ3v) is 8.42. The lowest BCUT2D eigenvalue weighted by Gasteiger charge is -2.49. The molecule has 1 saturated heterocycles. The molecule has 0 radical (unpaired) electrons. The first kappa shape index (κ1) is 37.8. The summed E-state index contributed by atoms with van der Waals surface area (Å²) in [7, 11) is 1.51. The van der Waals surface area contributed by atoms with E-state index in [9.17, 15) is 34.0 Å². The van der Waals surface area contributed by atoms with E-state index in [0.29, 0.717) is 25.3 Å². The van der Waals surface area contributed by atoms with Crippen molar-refractivity contribution in [2.45, 2.75) is 111 Å². The Kier molecular flexibility index (Phi) is 13.8. The number of nitrogens with two attached hydrogens (primary N) is 4. The van der Waals surface area contributed by atoms with Gasteiger partial charge in [0, 0.05) is 6.04 Å². The molecule has 2 aliphatic heterocycles. The van der Waals surface area contributed by atoms with E-state index in [4.69, 9.17) is 41.9 Å². The number of rotatable bonds is 15. The van der Waals surface area contributed by atoms with Crippen LogP contribution in [0.5, 0.6) is 0 Å². The summed E-state index contributed by atoms with van der Waals surface area (Å²) in [6, 6.07) is -3.53. The molecule has 3 rings (SSSR count). The normalized spacial score (nSPS) is 38.3. The van der Waals surface area contributed by atoms with Crippen LogP contribution in [0, 0.1) is 0 Å². The van der Waals surface area contributed by atoms with Crippen LogP contribution in [0.2, 0.25) is 0 Å². The molecule has 16 nitrogen and oxygen atoms in total. The topological polar surface area (TPSA) is 275 Å². The van der Waals surface area contributed by atoms with Crippen molar-refractivity contribution < 1.29 is 52.9 Å². The minimum atomic E-state index is -3.94. The molecule has 0 aromatic rings. The maximum absolute atomic E-state index is 14.0. The van der Waals surface area contributed by atoms with Gasteiger partial charge in [-0.1, -0.05) is 0 Å². The van der Waals surface area contributed by atoms with E-state index in [1.54, 1.807) is 0 Å². The van der Waals surface area contributed by atoms with Gasteiger partial charge in [0.15, 0.2) is 12.4 Å². The lowest BCUT2D eigenvalue weighted by atomic mass is 9.83.